The van der Waals surface area contributed by atoms with Crippen LogP contribution in [0.4, 0.5) is 0 Å². The van der Waals surface area contributed by atoms with Crippen molar-refractivity contribution in [1.82, 2.24) is 41.0 Å². The number of unbranched alkanes of at least 4 members (excludes halogenated alkanes) is 1. The van der Waals surface area contributed by atoms with Crippen molar-refractivity contribution < 1.29 is 62.6 Å². The minimum absolute atomic E-state index is 0.0319. The van der Waals surface area contributed by atoms with Crippen LogP contribution >= 0.6 is 30.5 Å². The first-order valence-corrected chi connectivity index (χ1v) is 31.4. The number of fused-ring (bicyclic) bond motifs is 1. The van der Waals surface area contributed by atoms with Gasteiger partial charge in [-0.25, -0.2) is 4.98 Å². The lowest BCUT2D eigenvalue weighted by atomic mass is 9.85. The molecule has 25 heteroatoms. The van der Waals surface area contributed by atoms with Crippen molar-refractivity contribution in [3.05, 3.63) is 105 Å². The number of carbonyl (C=O) groups is 8. The number of thiazole rings is 1. The topological polar surface area (TPSA) is 333 Å². The molecule has 2 saturated heterocycles. The van der Waals surface area contributed by atoms with Gasteiger partial charge in [-0.3, -0.25) is 42.9 Å². The Bertz CT molecular complexity index is 3320. The maximum absolute atomic E-state index is 14.3. The summed E-state index contributed by atoms with van der Waals surface area (Å²) < 4.78 is 17.8. The lowest BCUT2D eigenvalue weighted by Crippen LogP contribution is -2.57. The number of nitrogens with two attached hydrogens (primary N) is 1. The van der Waals surface area contributed by atoms with Gasteiger partial charge in [-0.15, -0.1) is 11.3 Å². The number of nitrogens with zero attached hydrogens (tertiary/aromatic N) is 3. The van der Waals surface area contributed by atoms with E-state index < -0.39 is 96.3 Å². The highest BCUT2D eigenvalue weighted by Crippen LogP contribution is 2.40. The van der Waals surface area contributed by atoms with Gasteiger partial charge in [0.25, 0.3) is 11.4 Å². The minimum Gasteiger partial charge on any atom is -0.490 e. The zero-order valence-corrected chi connectivity index (χ0v) is 51.3. The number of aliphatic hydroxyl groups excluding tert-OH is 1. The van der Waals surface area contributed by atoms with Crippen molar-refractivity contribution in [2.45, 2.75) is 155 Å². The molecule has 2 fully saturated rings. The molecule has 7 atom stereocenters. The highest BCUT2D eigenvalue weighted by molar-refractivity contribution is 7.70. The molecule has 1 unspecified atom stereocenters. The monoisotopic (exact) mass is 1230 g/mol. The maximum Gasteiger partial charge on any atom is 0.396 e. The summed E-state index contributed by atoms with van der Waals surface area (Å²) in [5, 5.41) is 23.1. The van der Waals surface area contributed by atoms with Crippen LogP contribution in [0.1, 0.15) is 143 Å². The molecule has 3 aromatic carbocycles. The fourth-order valence-corrected chi connectivity index (χ4v) is 12.3. The smallest absolute Gasteiger partial charge is 0.396 e. The number of aromatic nitrogens is 2. The van der Waals surface area contributed by atoms with Gasteiger partial charge in [-0.1, -0.05) is 82.6 Å². The Morgan fingerprint density at radius 1 is 0.894 bits per heavy atom. The number of nitrogens with one attached hydrogen (secondary N) is 5. The number of aromatic amines is 1. The van der Waals surface area contributed by atoms with Crippen LogP contribution in [0.3, 0.4) is 0 Å². The zero-order chi connectivity index (χ0) is 62.1. The van der Waals surface area contributed by atoms with Crippen LogP contribution < -0.4 is 31.7 Å². The Hall–Kier alpha value is -7.01. The molecule has 0 aliphatic carbocycles. The molecule has 2 aliphatic rings. The van der Waals surface area contributed by atoms with E-state index in [1.807, 2.05) is 78.8 Å². The lowest BCUT2D eigenvalue weighted by molar-refractivity contribution is -0.144. The minimum atomic E-state index is -5.06. The second-order valence-electron chi connectivity index (χ2n) is 23.5. The first-order valence-electron chi connectivity index (χ1n) is 28.5. The number of ether oxygens (including phenoxy) is 1. The number of primary amides is 1. The third kappa shape index (κ3) is 17.1. The first kappa shape index (κ1) is 65.5. The molecule has 0 spiro atoms. The molecule has 7 amide bonds. The largest absolute Gasteiger partial charge is 0.490 e. The van der Waals surface area contributed by atoms with E-state index >= 15 is 0 Å². The van der Waals surface area contributed by atoms with Crippen LogP contribution in [0.25, 0.3) is 21.3 Å². The van der Waals surface area contributed by atoms with Crippen LogP contribution in [0.5, 0.6) is 5.75 Å². The third-order valence-corrected chi connectivity index (χ3v) is 17.4. The Morgan fingerprint density at radius 3 is 2.27 bits per heavy atom. The molecular formula is C60H77ClN9O13PS. The molecule has 7 rings (SSSR count). The lowest BCUT2D eigenvalue weighted by Gasteiger charge is -2.35. The molecule has 4 heterocycles. The second-order valence-corrected chi connectivity index (χ2v) is 26.2. The van der Waals surface area contributed by atoms with E-state index in [2.05, 4.69) is 31.2 Å². The van der Waals surface area contributed by atoms with Crippen LogP contribution in [0, 0.1) is 18.3 Å². The van der Waals surface area contributed by atoms with Gasteiger partial charge in [0.2, 0.25) is 35.4 Å². The molecule has 22 nitrogen and oxygen atoms in total. The molecule has 458 valence electrons. The number of carbonyl (C=O) groups excluding carboxylic acids is 8. The SMILES string of the molecule is Cc1ncsc1-c1ccc([C@H](C)NC(=O)[C@@H]2C[C@@H](O)CN2C(=O)C(NC(=O)CCCCc2cccc(OC[C@H](CCC(N)=O)NC(=O)[C@@H]3CCCN3C(=O)[C@H](CC(C)C)NC(=O)c3cc4cc(C(=O)P(=O)(O)O)ccc4[nH]3)c2Cl)C(C)(C)C)cc1. The average Bonchev–Trinajstić information content (AvgIpc) is 4.51. The highest BCUT2D eigenvalue weighted by atomic mass is 35.5. The van der Waals surface area contributed by atoms with Gasteiger partial charge in [-0.05, 0) is 117 Å². The molecule has 2 aliphatic heterocycles. The predicted molar refractivity (Wildman–Crippen MR) is 321 cm³/mol. The van der Waals surface area contributed by atoms with Crippen LogP contribution in [-0.2, 0) is 39.8 Å². The van der Waals surface area contributed by atoms with Crippen molar-refractivity contribution in [2.75, 3.05) is 19.7 Å². The molecular weight excluding hydrogens is 1150 g/mol. The molecule has 0 radical (unpaired) electrons. The second kappa shape index (κ2) is 28.5. The zero-order valence-electron chi connectivity index (χ0n) is 48.8. The normalized spacial score (nSPS) is 17.7. The summed E-state index contributed by atoms with van der Waals surface area (Å²) in [5.41, 5.74) is 8.97. The highest BCUT2D eigenvalue weighted by Gasteiger charge is 2.45. The fourth-order valence-electron chi connectivity index (χ4n) is 10.7. The number of hydrogen-bond acceptors (Lipinski definition) is 13. The van der Waals surface area contributed by atoms with Crippen LogP contribution in [-0.4, -0.2) is 138 Å². The number of hydrogen-bond donors (Lipinski definition) is 9. The number of β-amino-alcohol motifs (C(OH)–C–C–N with tert-alkyl or cyclic N) is 1. The summed E-state index contributed by atoms with van der Waals surface area (Å²) >= 11 is 8.45. The summed E-state index contributed by atoms with van der Waals surface area (Å²) in [6.07, 6.45) is 1.69. The van der Waals surface area contributed by atoms with Gasteiger partial charge < -0.3 is 61.4 Å². The molecule has 0 saturated carbocycles. The number of rotatable bonds is 26. The van der Waals surface area contributed by atoms with E-state index in [1.165, 1.54) is 34.1 Å². The quantitative estimate of drug-likeness (QED) is 0.0208. The fraction of sp³-hybridized carbons (Fsp3) is 0.483. The Morgan fingerprint density at radius 2 is 1.61 bits per heavy atom. The number of aryl methyl sites for hydroxylation is 2. The molecule has 5 aromatic rings. The van der Waals surface area contributed by atoms with Gasteiger partial charge in [0.15, 0.2) is 0 Å². The van der Waals surface area contributed by atoms with E-state index in [9.17, 15) is 57.8 Å². The summed E-state index contributed by atoms with van der Waals surface area (Å²) in [6, 6.07) is 13.3. The summed E-state index contributed by atoms with van der Waals surface area (Å²) in [7, 11) is -5.06. The van der Waals surface area contributed by atoms with E-state index in [0.717, 1.165) is 27.3 Å². The summed E-state index contributed by atoms with van der Waals surface area (Å²) in [5.74, 6) is -3.21. The van der Waals surface area contributed by atoms with E-state index in [4.69, 9.17) is 22.1 Å². The summed E-state index contributed by atoms with van der Waals surface area (Å²) in [6.45, 7) is 13.1. The predicted octanol–water partition coefficient (Wildman–Crippen LogP) is 6.62. The van der Waals surface area contributed by atoms with Crippen molar-refractivity contribution in [2.24, 2.45) is 17.1 Å². The number of H-pyrrole nitrogens is 1. The van der Waals surface area contributed by atoms with Crippen LogP contribution in [0.15, 0.2) is 72.2 Å². The molecule has 85 heavy (non-hydrogen) atoms. The number of amides is 7. The van der Waals surface area contributed by atoms with Gasteiger partial charge in [0.1, 0.15) is 42.2 Å². The number of likely N-dealkylation sites (tertiary alicyclic amines) is 2. The van der Waals surface area contributed by atoms with Crippen molar-refractivity contribution in [1.29, 1.82) is 0 Å². The maximum atomic E-state index is 14.3. The van der Waals surface area contributed by atoms with E-state index in [-0.39, 0.29) is 74.9 Å². The van der Waals surface area contributed by atoms with Gasteiger partial charge in [0, 0.05) is 48.8 Å². The Kier molecular flexibility index (Phi) is 21.9. The number of benzene rings is 3. The third-order valence-electron chi connectivity index (χ3n) is 15.3. The van der Waals surface area contributed by atoms with E-state index in [0.29, 0.717) is 53.8 Å². The number of aliphatic hydroxyl groups is 1. The van der Waals surface area contributed by atoms with Crippen molar-refractivity contribution in [3.63, 3.8) is 0 Å². The summed E-state index contributed by atoms with van der Waals surface area (Å²) in [4.78, 5) is 138. The van der Waals surface area contributed by atoms with Crippen LogP contribution in [0.2, 0.25) is 5.02 Å². The standard InChI is InChI=1S/C60H77ClN9O13PS/c1-33(2)26-45(67-54(74)44-28-40-27-39(21-23-43(40)66-44)59(79)84(80,81)82)57(77)69-25-11-14-46(69)55(75)65-41(22-24-49(62)72)31-83-48-15-10-13-37(51(48)61)12-8-9-16-50(73)68-53(60(5,6)7)58(78)70-30-42(71)29-47(70)56(76)64-34(3)36-17-19-38(20-18-36)52-35(4)63-32-85-52/h10,13,15,17-21,23,27-28,32-34,41-42,45-47,53,66,71H,8-9,11-12,14,16,22,24-26,29-31H2,1-7H3,(H2,62,72)(H,64,76)(H,65,75)(H,67,74)(H,68,73)(H2,80,81,82)/t34-,41-,42+,45-,46-,47-,53?/m0/s1. The number of halogens is 1. The first-order chi connectivity index (χ1) is 40.1. The van der Waals surface area contributed by atoms with Crippen molar-refractivity contribution in [3.8, 4) is 16.2 Å². The average molecular weight is 1230 g/mol. The van der Waals surface area contributed by atoms with Gasteiger partial charge >= 0.3 is 7.60 Å². The Labute approximate surface area is 502 Å². The molecule has 0 bridgehead atoms. The van der Waals surface area contributed by atoms with Crippen molar-refractivity contribution >= 4 is 88.3 Å². The Balaban J connectivity index is 0.912. The van der Waals surface area contributed by atoms with Gasteiger partial charge in [0.05, 0.1) is 39.3 Å². The molecule has 2 aromatic heterocycles. The van der Waals surface area contributed by atoms with Gasteiger partial charge in [-0.2, -0.15) is 0 Å². The molecule has 10 N–H and O–H groups in total. The van der Waals surface area contributed by atoms with E-state index in [1.54, 1.807) is 29.0 Å².